The number of anilines is 3. The highest BCUT2D eigenvalue weighted by molar-refractivity contribution is 6.09. The zero-order valence-corrected chi connectivity index (χ0v) is 20.1. The number of nitrogens with one attached hydrogen (secondary N) is 2. The predicted octanol–water partition coefficient (Wildman–Crippen LogP) is 6.49. The molecule has 2 amide bonds. The summed E-state index contributed by atoms with van der Waals surface area (Å²) in [5.41, 5.74) is 3.22. The first-order valence-corrected chi connectivity index (χ1v) is 12.1. The third-order valence-electron chi connectivity index (χ3n) is 6.81. The average Bonchev–Trinajstić information content (AvgIpc) is 3.62. The molecule has 0 radical (unpaired) electrons. The van der Waals surface area contributed by atoms with Gasteiger partial charge in [-0.15, -0.1) is 0 Å². The Morgan fingerprint density at radius 3 is 2.38 bits per heavy atom. The van der Waals surface area contributed by atoms with Gasteiger partial charge in [-0.2, -0.15) is 0 Å². The van der Waals surface area contributed by atoms with Crippen LogP contribution in [0.25, 0.3) is 0 Å². The van der Waals surface area contributed by atoms with E-state index in [1.807, 2.05) is 36.4 Å². The van der Waals surface area contributed by atoms with Crippen molar-refractivity contribution in [3.63, 3.8) is 0 Å². The first-order valence-electron chi connectivity index (χ1n) is 12.1. The molecular formula is C29H25N3O5. The van der Waals surface area contributed by atoms with Crippen molar-refractivity contribution in [3.05, 3.63) is 108 Å². The van der Waals surface area contributed by atoms with E-state index in [-0.39, 0.29) is 18.1 Å². The van der Waals surface area contributed by atoms with Crippen LogP contribution in [0.4, 0.5) is 21.9 Å². The number of Topliss-reactive ketones (excluding diaryl/α,β-unsaturated/α-hetero) is 1. The summed E-state index contributed by atoms with van der Waals surface area (Å²) in [5.74, 6) is 1.79. The molecular weight excluding hydrogens is 470 g/mol. The maximum atomic E-state index is 13.9. The van der Waals surface area contributed by atoms with Crippen LogP contribution in [-0.4, -0.2) is 18.9 Å². The minimum absolute atomic E-state index is 0.0633. The van der Waals surface area contributed by atoms with Gasteiger partial charge >= 0.3 is 6.03 Å². The number of hydrogen-bond donors (Lipinski definition) is 2. The molecule has 2 aromatic heterocycles. The van der Waals surface area contributed by atoms with Crippen LogP contribution in [0.3, 0.4) is 0 Å². The number of ether oxygens (including phenoxy) is 1. The SMILES string of the molecule is COc1ccc(NC(=O)N2c3ccccc3NC3=C(C(=O)C[C@@H](c4ccco4)C3)[C@H]2c2ccco2)cc1. The van der Waals surface area contributed by atoms with Gasteiger partial charge in [0.25, 0.3) is 0 Å². The van der Waals surface area contributed by atoms with Gasteiger partial charge in [0.15, 0.2) is 5.78 Å². The Morgan fingerprint density at radius 1 is 0.946 bits per heavy atom. The third kappa shape index (κ3) is 4.16. The Morgan fingerprint density at radius 2 is 1.68 bits per heavy atom. The number of benzene rings is 2. The molecule has 1 aliphatic carbocycles. The summed E-state index contributed by atoms with van der Waals surface area (Å²) in [5, 5.41) is 6.45. The van der Waals surface area contributed by atoms with Gasteiger partial charge in [0.05, 0.1) is 31.0 Å². The quantitative estimate of drug-likeness (QED) is 0.336. The van der Waals surface area contributed by atoms with Crippen LogP contribution < -0.4 is 20.3 Å². The van der Waals surface area contributed by atoms with Crippen molar-refractivity contribution in [1.82, 2.24) is 0 Å². The highest BCUT2D eigenvalue weighted by Gasteiger charge is 2.43. The second kappa shape index (κ2) is 9.39. The summed E-state index contributed by atoms with van der Waals surface area (Å²) in [7, 11) is 1.59. The number of fused-ring (bicyclic) bond motifs is 1. The van der Waals surface area contributed by atoms with Gasteiger partial charge in [-0.25, -0.2) is 4.79 Å². The van der Waals surface area contributed by atoms with Crippen LogP contribution in [0.2, 0.25) is 0 Å². The molecule has 186 valence electrons. The van der Waals surface area contributed by atoms with E-state index in [1.54, 1.807) is 60.9 Å². The van der Waals surface area contributed by atoms with Crippen molar-refractivity contribution >= 4 is 28.9 Å². The number of allylic oxidation sites excluding steroid dienone is 1. The number of hydrogen-bond acceptors (Lipinski definition) is 6. The van der Waals surface area contributed by atoms with E-state index in [2.05, 4.69) is 10.6 Å². The van der Waals surface area contributed by atoms with E-state index in [0.717, 1.165) is 17.1 Å². The number of furan rings is 2. The van der Waals surface area contributed by atoms with Gasteiger partial charge in [-0.05, 0) is 67.1 Å². The van der Waals surface area contributed by atoms with Crippen LogP contribution in [0, 0.1) is 0 Å². The van der Waals surface area contributed by atoms with Gasteiger partial charge in [-0.3, -0.25) is 9.69 Å². The minimum Gasteiger partial charge on any atom is -0.497 e. The molecule has 0 saturated heterocycles. The largest absolute Gasteiger partial charge is 0.497 e. The number of rotatable bonds is 4. The van der Waals surface area contributed by atoms with Crippen molar-refractivity contribution in [3.8, 4) is 5.75 Å². The molecule has 2 atom stereocenters. The molecule has 0 fully saturated rings. The standard InChI is InChI=1S/C29H25N3O5/c1-35-20-12-10-19(11-13-20)30-29(34)32-23-7-3-2-6-21(23)31-22-16-18(25-8-4-14-36-25)17-24(33)27(22)28(32)26-9-5-15-37-26/h2-15,18,28,31H,16-17H2,1H3,(H,30,34)/t18-,28+/m0/s1. The molecule has 2 N–H and O–H groups in total. The van der Waals surface area contributed by atoms with Crippen molar-refractivity contribution in [1.29, 1.82) is 0 Å². The lowest BCUT2D eigenvalue weighted by atomic mass is 9.81. The molecule has 2 aliphatic rings. The molecule has 3 heterocycles. The fraction of sp³-hybridized carbons (Fsp3) is 0.172. The van der Waals surface area contributed by atoms with Gasteiger partial charge < -0.3 is 24.2 Å². The topological polar surface area (TPSA) is 97.0 Å². The molecule has 0 spiro atoms. The molecule has 6 rings (SSSR count). The van der Waals surface area contributed by atoms with Gasteiger partial charge in [0.2, 0.25) is 0 Å². The van der Waals surface area contributed by atoms with Crippen LogP contribution in [0.15, 0.2) is 105 Å². The molecule has 1 aliphatic heterocycles. The number of urea groups is 1. The zero-order valence-electron chi connectivity index (χ0n) is 20.1. The molecule has 4 aromatic rings. The van der Waals surface area contributed by atoms with E-state index in [4.69, 9.17) is 13.6 Å². The molecule has 2 aromatic carbocycles. The van der Waals surface area contributed by atoms with Crippen molar-refractivity contribution < 1.29 is 23.2 Å². The van der Waals surface area contributed by atoms with E-state index < -0.39 is 12.1 Å². The number of para-hydroxylation sites is 2. The highest BCUT2D eigenvalue weighted by Crippen LogP contribution is 2.47. The molecule has 0 unspecified atom stereocenters. The monoisotopic (exact) mass is 495 g/mol. The summed E-state index contributed by atoms with van der Waals surface area (Å²) in [6.45, 7) is 0. The number of methoxy groups -OCH3 is 1. The zero-order chi connectivity index (χ0) is 25.4. The summed E-state index contributed by atoms with van der Waals surface area (Å²) >= 11 is 0. The van der Waals surface area contributed by atoms with Crippen molar-refractivity contribution in [2.75, 3.05) is 22.6 Å². The van der Waals surface area contributed by atoms with Crippen molar-refractivity contribution in [2.45, 2.75) is 24.8 Å². The van der Waals surface area contributed by atoms with Crippen LogP contribution >= 0.6 is 0 Å². The maximum Gasteiger partial charge on any atom is 0.327 e. The highest BCUT2D eigenvalue weighted by atomic mass is 16.5. The maximum absolute atomic E-state index is 13.9. The summed E-state index contributed by atoms with van der Waals surface area (Å²) in [4.78, 5) is 29.3. The Bertz CT molecular complexity index is 1460. The fourth-order valence-electron chi connectivity index (χ4n) is 5.11. The molecule has 37 heavy (non-hydrogen) atoms. The fourth-order valence-corrected chi connectivity index (χ4v) is 5.11. The van der Waals surface area contributed by atoms with E-state index in [0.29, 0.717) is 34.9 Å². The van der Waals surface area contributed by atoms with Gasteiger partial charge in [-0.1, -0.05) is 12.1 Å². The summed E-state index contributed by atoms with van der Waals surface area (Å²) in [6, 6.07) is 20.7. The minimum atomic E-state index is -0.760. The first-order chi connectivity index (χ1) is 18.1. The lowest BCUT2D eigenvalue weighted by Crippen LogP contribution is -2.40. The number of amides is 2. The number of carbonyl (C=O) groups is 2. The molecule has 0 saturated carbocycles. The Labute approximate surface area is 213 Å². The molecule has 0 bridgehead atoms. The smallest absolute Gasteiger partial charge is 0.327 e. The second-order valence-corrected chi connectivity index (χ2v) is 9.02. The van der Waals surface area contributed by atoms with E-state index >= 15 is 0 Å². The third-order valence-corrected chi connectivity index (χ3v) is 6.81. The number of nitrogens with zero attached hydrogens (tertiary/aromatic N) is 1. The first kappa shape index (κ1) is 22.7. The normalized spacial score (nSPS) is 18.9. The Hall–Kier alpha value is -4.72. The molecule has 8 heteroatoms. The van der Waals surface area contributed by atoms with E-state index in [9.17, 15) is 9.59 Å². The lowest BCUT2D eigenvalue weighted by Gasteiger charge is -2.33. The second-order valence-electron chi connectivity index (χ2n) is 9.02. The van der Waals surface area contributed by atoms with E-state index in [1.165, 1.54) is 0 Å². The van der Waals surface area contributed by atoms with Crippen LogP contribution in [-0.2, 0) is 4.79 Å². The lowest BCUT2D eigenvalue weighted by molar-refractivity contribution is -0.116. The van der Waals surface area contributed by atoms with Crippen LogP contribution in [0.1, 0.15) is 36.3 Å². The number of ketones is 1. The average molecular weight is 496 g/mol. The Kier molecular flexibility index (Phi) is 5.76. The van der Waals surface area contributed by atoms with Gasteiger partial charge in [0.1, 0.15) is 23.3 Å². The predicted molar refractivity (Wildman–Crippen MR) is 139 cm³/mol. The van der Waals surface area contributed by atoms with Crippen molar-refractivity contribution in [2.24, 2.45) is 0 Å². The van der Waals surface area contributed by atoms with Crippen LogP contribution in [0.5, 0.6) is 5.75 Å². The molecule has 8 nitrogen and oxygen atoms in total. The summed E-state index contributed by atoms with van der Waals surface area (Å²) in [6.07, 6.45) is 4.01. The summed E-state index contributed by atoms with van der Waals surface area (Å²) < 4.78 is 16.7. The Balaban J connectivity index is 1.47. The number of carbonyl (C=O) groups excluding carboxylic acids is 2. The van der Waals surface area contributed by atoms with Gasteiger partial charge in [0, 0.05) is 29.3 Å².